The molecule has 0 radical (unpaired) electrons. The van der Waals surface area contributed by atoms with Crippen molar-refractivity contribution in [1.29, 1.82) is 0 Å². The van der Waals surface area contributed by atoms with E-state index in [1.54, 1.807) is 0 Å². The molecule has 0 saturated heterocycles. The maximum atomic E-state index is 12.1. The van der Waals surface area contributed by atoms with Gasteiger partial charge in [-0.1, -0.05) is 24.3 Å². The van der Waals surface area contributed by atoms with E-state index >= 15 is 0 Å². The number of benzene rings is 1. The molecule has 3 N–H and O–H groups in total. The van der Waals surface area contributed by atoms with E-state index in [0.29, 0.717) is 13.0 Å². The van der Waals surface area contributed by atoms with Crippen molar-refractivity contribution in [2.75, 3.05) is 20.6 Å². The molecule has 2 rings (SSSR count). The van der Waals surface area contributed by atoms with Gasteiger partial charge in [-0.05, 0) is 44.5 Å². The summed E-state index contributed by atoms with van der Waals surface area (Å²) in [7, 11) is 4.18. The second-order valence-electron chi connectivity index (χ2n) is 5.90. The van der Waals surface area contributed by atoms with E-state index in [-0.39, 0.29) is 11.4 Å². The summed E-state index contributed by atoms with van der Waals surface area (Å²) in [6.07, 6.45) is 4.00. The molecule has 1 aliphatic rings. The lowest BCUT2D eigenvalue weighted by Gasteiger charge is -2.47. The van der Waals surface area contributed by atoms with Gasteiger partial charge in [0.05, 0.1) is 6.42 Å². The first-order valence-corrected chi connectivity index (χ1v) is 7.28. The van der Waals surface area contributed by atoms with Crippen LogP contribution >= 0.6 is 0 Å². The maximum absolute atomic E-state index is 12.1. The van der Waals surface area contributed by atoms with Gasteiger partial charge in [0.15, 0.2) is 0 Å². The van der Waals surface area contributed by atoms with Crippen LogP contribution in [0.1, 0.15) is 30.4 Å². The molecule has 1 saturated carbocycles. The summed E-state index contributed by atoms with van der Waals surface area (Å²) in [6.45, 7) is 1.22. The molecule has 1 aromatic rings. The first-order valence-electron chi connectivity index (χ1n) is 7.28. The standard InChI is InChI=1S/C16H25N3O/c1-19(2)16(8-5-9-16)12-18-15(20)10-13-6-3-4-7-14(13)11-17/h3-4,6-7H,5,8-12,17H2,1-2H3,(H,18,20). The number of nitrogens with two attached hydrogens (primary N) is 1. The molecule has 1 aliphatic carbocycles. The smallest absolute Gasteiger partial charge is 0.224 e. The Morgan fingerprint density at radius 2 is 1.95 bits per heavy atom. The minimum atomic E-state index is 0.0824. The fourth-order valence-corrected chi connectivity index (χ4v) is 2.79. The highest BCUT2D eigenvalue weighted by molar-refractivity contribution is 5.79. The number of rotatable bonds is 6. The van der Waals surface area contributed by atoms with Gasteiger partial charge in [-0.3, -0.25) is 4.79 Å². The van der Waals surface area contributed by atoms with Gasteiger partial charge in [-0.25, -0.2) is 0 Å². The summed E-state index contributed by atoms with van der Waals surface area (Å²) in [5.41, 5.74) is 7.95. The van der Waals surface area contributed by atoms with Crippen molar-refractivity contribution in [2.45, 2.75) is 37.8 Å². The van der Waals surface area contributed by atoms with Gasteiger partial charge >= 0.3 is 0 Å². The number of likely N-dealkylation sites (N-methyl/N-ethyl adjacent to an activating group) is 1. The third-order valence-corrected chi connectivity index (χ3v) is 4.54. The molecule has 0 aliphatic heterocycles. The van der Waals surface area contributed by atoms with Crippen molar-refractivity contribution >= 4 is 5.91 Å². The molecule has 4 heteroatoms. The van der Waals surface area contributed by atoms with Crippen LogP contribution in [0.2, 0.25) is 0 Å². The molecular weight excluding hydrogens is 250 g/mol. The summed E-state index contributed by atoms with van der Waals surface area (Å²) in [4.78, 5) is 14.4. The van der Waals surface area contributed by atoms with E-state index in [1.807, 2.05) is 24.3 Å². The predicted octanol–water partition coefficient (Wildman–Crippen LogP) is 1.29. The van der Waals surface area contributed by atoms with Gasteiger partial charge < -0.3 is 16.0 Å². The average Bonchev–Trinajstić information content (AvgIpc) is 2.37. The lowest BCUT2D eigenvalue weighted by molar-refractivity contribution is -0.121. The Kier molecular flexibility index (Phi) is 4.78. The molecule has 1 aromatic carbocycles. The number of nitrogens with one attached hydrogen (secondary N) is 1. The average molecular weight is 275 g/mol. The van der Waals surface area contributed by atoms with E-state index in [9.17, 15) is 4.79 Å². The third-order valence-electron chi connectivity index (χ3n) is 4.54. The van der Waals surface area contributed by atoms with Crippen LogP contribution in [-0.4, -0.2) is 37.0 Å². The molecule has 0 atom stereocenters. The zero-order valence-electron chi connectivity index (χ0n) is 12.5. The Hall–Kier alpha value is -1.39. The predicted molar refractivity (Wildman–Crippen MR) is 81.3 cm³/mol. The summed E-state index contributed by atoms with van der Waals surface area (Å²) in [5.74, 6) is 0.0824. The molecule has 0 spiro atoms. The number of hydrogen-bond acceptors (Lipinski definition) is 3. The Balaban J connectivity index is 1.90. The van der Waals surface area contributed by atoms with Crippen LogP contribution < -0.4 is 11.1 Å². The first kappa shape index (κ1) is 15.0. The van der Waals surface area contributed by atoms with Crippen LogP contribution in [0.4, 0.5) is 0 Å². The van der Waals surface area contributed by atoms with Gasteiger partial charge in [0.2, 0.25) is 5.91 Å². The van der Waals surface area contributed by atoms with Crippen molar-refractivity contribution in [3.63, 3.8) is 0 Å². The Bertz CT molecular complexity index is 467. The number of hydrogen-bond donors (Lipinski definition) is 2. The fraction of sp³-hybridized carbons (Fsp3) is 0.562. The Morgan fingerprint density at radius 3 is 2.45 bits per heavy atom. The second-order valence-corrected chi connectivity index (χ2v) is 5.90. The van der Waals surface area contributed by atoms with Gasteiger partial charge in [0.1, 0.15) is 0 Å². The molecule has 0 unspecified atom stereocenters. The molecule has 0 heterocycles. The summed E-state index contributed by atoms with van der Waals surface area (Å²) < 4.78 is 0. The molecule has 1 amide bonds. The summed E-state index contributed by atoms with van der Waals surface area (Å²) >= 11 is 0. The molecule has 110 valence electrons. The van der Waals surface area contributed by atoms with Gasteiger partial charge in [0.25, 0.3) is 0 Å². The number of carbonyl (C=O) groups is 1. The highest BCUT2D eigenvalue weighted by atomic mass is 16.1. The molecule has 20 heavy (non-hydrogen) atoms. The highest BCUT2D eigenvalue weighted by Gasteiger charge is 2.39. The second kappa shape index (κ2) is 6.37. The van der Waals surface area contributed by atoms with Gasteiger partial charge in [-0.15, -0.1) is 0 Å². The zero-order valence-corrected chi connectivity index (χ0v) is 12.5. The van der Waals surface area contributed by atoms with Crippen molar-refractivity contribution in [3.05, 3.63) is 35.4 Å². The monoisotopic (exact) mass is 275 g/mol. The minimum absolute atomic E-state index is 0.0824. The third kappa shape index (κ3) is 3.19. The first-order chi connectivity index (χ1) is 9.57. The van der Waals surface area contributed by atoms with Crippen LogP contribution in [0.25, 0.3) is 0 Å². The van der Waals surface area contributed by atoms with Crippen LogP contribution in [0.3, 0.4) is 0 Å². The number of nitrogens with zero attached hydrogens (tertiary/aromatic N) is 1. The molecule has 0 aromatic heterocycles. The quantitative estimate of drug-likeness (QED) is 0.822. The van der Waals surface area contributed by atoms with Crippen LogP contribution in [0.15, 0.2) is 24.3 Å². The molecule has 4 nitrogen and oxygen atoms in total. The highest BCUT2D eigenvalue weighted by Crippen LogP contribution is 2.35. The topological polar surface area (TPSA) is 58.4 Å². The number of carbonyl (C=O) groups excluding carboxylic acids is 1. The van der Waals surface area contributed by atoms with Crippen molar-refractivity contribution in [3.8, 4) is 0 Å². The van der Waals surface area contributed by atoms with E-state index in [2.05, 4.69) is 24.3 Å². The largest absolute Gasteiger partial charge is 0.354 e. The summed E-state index contributed by atoms with van der Waals surface area (Å²) in [5, 5.41) is 3.09. The lowest BCUT2D eigenvalue weighted by atomic mass is 9.75. The molecular formula is C16H25N3O. The maximum Gasteiger partial charge on any atom is 0.224 e. The zero-order chi connectivity index (χ0) is 14.6. The van der Waals surface area contributed by atoms with Crippen LogP contribution in [-0.2, 0) is 17.8 Å². The van der Waals surface area contributed by atoms with Crippen molar-refractivity contribution in [2.24, 2.45) is 5.73 Å². The fourth-order valence-electron chi connectivity index (χ4n) is 2.79. The van der Waals surface area contributed by atoms with E-state index < -0.39 is 0 Å². The van der Waals surface area contributed by atoms with Gasteiger partial charge in [0, 0.05) is 18.6 Å². The van der Waals surface area contributed by atoms with Crippen molar-refractivity contribution < 1.29 is 4.79 Å². The minimum Gasteiger partial charge on any atom is -0.354 e. The van der Waals surface area contributed by atoms with Crippen molar-refractivity contribution in [1.82, 2.24) is 10.2 Å². The van der Waals surface area contributed by atoms with Crippen LogP contribution in [0, 0.1) is 0 Å². The molecule has 1 fully saturated rings. The molecule has 0 bridgehead atoms. The van der Waals surface area contributed by atoms with E-state index in [1.165, 1.54) is 19.3 Å². The summed E-state index contributed by atoms with van der Waals surface area (Å²) in [6, 6.07) is 7.87. The number of amides is 1. The van der Waals surface area contributed by atoms with E-state index in [0.717, 1.165) is 17.7 Å². The Labute approximate surface area is 121 Å². The SMILES string of the molecule is CN(C)C1(CNC(=O)Cc2ccccc2CN)CCC1. The van der Waals surface area contributed by atoms with E-state index in [4.69, 9.17) is 5.73 Å². The lowest BCUT2D eigenvalue weighted by Crippen LogP contribution is -2.57. The van der Waals surface area contributed by atoms with Crippen LogP contribution in [0.5, 0.6) is 0 Å². The van der Waals surface area contributed by atoms with Gasteiger partial charge in [-0.2, -0.15) is 0 Å². The normalized spacial score (nSPS) is 16.8. The Morgan fingerprint density at radius 1 is 1.30 bits per heavy atom.